The van der Waals surface area contributed by atoms with Gasteiger partial charge >= 0.3 is 5.97 Å². The van der Waals surface area contributed by atoms with E-state index in [-0.39, 0.29) is 19.0 Å². The summed E-state index contributed by atoms with van der Waals surface area (Å²) in [6.07, 6.45) is 0.942. The Morgan fingerprint density at radius 3 is 2.78 bits per heavy atom. The van der Waals surface area contributed by atoms with E-state index in [1.54, 1.807) is 0 Å². The Kier molecular flexibility index (Phi) is 4.06. The highest BCUT2D eigenvalue weighted by molar-refractivity contribution is 5.72. The molecule has 0 aliphatic carbocycles. The third kappa shape index (κ3) is 3.41. The molecule has 0 atom stereocenters. The van der Waals surface area contributed by atoms with Crippen molar-refractivity contribution < 1.29 is 14.1 Å². The Morgan fingerprint density at radius 2 is 2.11 bits per heavy atom. The highest BCUT2D eigenvalue weighted by Crippen LogP contribution is 2.04. The summed E-state index contributed by atoms with van der Waals surface area (Å²) < 4.78 is 9.97. The minimum absolute atomic E-state index is 0.0265. The molecule has 0 spiro atoms. The molecule has 0 aliphatic rings. The number of nitrogens with zero attached hydrogens (tertiary/aromatic N) is 2. The number of aromatic nitrogens is 2. The Bertz CT molecular complexity index is 508. The lowest BCUT2D eigenvalue weighted by Crippen LogP contribution is -2.08. The first-order chi connectivity index (χ1) is 8.78. The van der Waals surface area contributed by atoms with Crippen LogP contribution in [0, 0.1) is 0 Å². The lowest BCUT2D eigenvalue weighted by atomic mass is 10.2. The first kappa shape index (κ1) is 12.3. The minimum atomic E-state index is -0.308. The second-order valence-corrected chi connectivity index (χ2v) is 3.78. The van der Waals surface area contributed by atoms with Gasteiger partial charge in [0, 0.05) is 6.42 Å². The highest BCUT2D eigenvalue weighted by Gasteiger charge is 2.09. The average Bonchev–Trinajstić information content (AvgIpc) is 2.85. The second kappa shape index (κ2) is 5.95. The lowest BCUT2D eigenvalue weighted by Gasteiger charge is -2.01. The molecule has 2 rings (SSSR count). The van der Waals surface area contributed by atoms with Crippen molar-refractivity contribution in [3.8, 4) is 0 Å². The van der Waals surface area contributed by atoms with E-state index in [2.05, 4.69) is 10.1 Å². The topological polar surface area (TPSA) is 65.2 Å². The van der Waals surface area contributed by atoms with Crippen molar-refractivity contribution in [1.29, 1.82) is 0 Å². The number of ether oxygens (including phenoxy) is 1. The van der Waals surface area contributed by atoms with Crippen molar-refractivity contribution >= 4 is 5.97 Å². The molecule has 0 fully saturated rings. The van der Waals surface area contributed by atoms with Gasteiger partial charge in [0.2, 0.25) is 0 Å². The van der Waals surface area contributed by atoms with Gasteiger partial charge in [0.25, 0.3) is 5.89 Å². The fourth-order valence-corrected chi connectivity index (χ4v) is 1.45. The van der Waals surface area contributed by atoms with Gasteiger partial charge in [-0.05, 0) is 5.56 Å². The van der Waals surface area contributed by atoms with Crippen LogP contribution in [0.1, 0.15) is 24.2 Å². The molecule has 1 aromatic carbocycles. The molecule has 2 aromatic rings. The number of hydrogen-bond acceptors (Lipinski definition) is 5. The van der Waals surface area contributed by atoms with Gasteiger partial charge < -0.3 is 9.26 Å². The van der Waals surface area contributed by atoms with Crippen molar-refractivity contribution in [3.63, 3.8) is 0 Å². The summed E-state index contributed by atoms with van der Waals surface area (Å²) in [4.78, 5) is 15.6. The summed E-state index contributed by atoms with van der Waals surface area (Å²) in [5, 5.41) is 3.72. The molecule has 94 valence electrons. The standard InChI is InChI=1S/C13H14N2O3/c1-2-11-14-12(18-15-11)9-17-13(16)8-10-6-4-3-5-7-10/h3-7H,2,8-9H2,1H3. The van der Waals surface area contributed by atoms with Crippen LogP contribution >= 0.6 is 0 Å². The molecule has 5 heteroatoms. The van der Waals surface area contributed by atoms with Crippen molar-refractivity contribution in [2.75, 3.05) is 0 Å². The second-order valence-electron chi connectivity index (χ2n) is 3.78. The Labute approximate surface area is 105 Å². The number of hydrogen-bond donors (Lipinski definition) is 0. The fraction of sp³-hybridized carbons (Fsp3) is 0.308. The maximum atomic E-state index is 11.6. The molecule has 0 aliphatic heterocycles. The quantitative estimate of drug-likeness (QED) is 0.754. The highest BCUT2D eigenvalue weighted by atomic mass is 16.6. The smallest absolute Gasteiger partial charge is 0.310 e. The largest absolute Gasteiger partial charge is 0.455 e. The van der Waals surface area contributed by atoms with Crippen molar-refractivity contribution in [2.24, 2.45) is 0 Å². The van der Waals surface area contributed by atoms with Gasteiger partial charge in [-0.1, -0.05) is 42.4 Å². The molecular weight excluding hydrogens is 232 g/mol. The Morgan fingerprint density at radius 1 is 1.33 bits per heavy atom. The molecule has 0 N–H and O–H groups in total. The summed E-state index contributed by atoms with van der Waals surface area (Å²) >= 11 is 0. The van der Waals surface area contributed by atoms with E-state index in [9.17, 15) is 4.79 Å². The molecule has 0 bridgehead atoms. The number of aryl methyl sites for hydroxylation is 1. The van der Waals surface area contributed by atoms with Crippen LogP contribution in [0.25, 0.3) is 0 Å². The van der Waals surface area contributed by atoms with Gasteiger partial charge in [0.1, 0.15) is 0 Å². The minimum Gasteiger partial charge on any atom is -0.455 e. The number of rotatable bonds is 5. The zero-order valence-electron chi connectivity index (χ0n) is 10.1. The fourth-order valence-electron chi connectivity index (χ4n) is 1.45. The van der Waals surface area contributed by atoms with Gasteiger partial charge in [-0.25, -0.2) is 0 Å². The molecule has 0 saturated carbocycles. The molecule has 18 heavy (non-hydrogen) atoms. The monoisotopic (exact) mass is 246 g/mol. The van der Waals surface area contributed by atoms with Crippen LogP contribution in [0.2, 0.25) is 0 Å². The van der Waals surface area contributed by atoms with E-state index in [0.29, 0.717) is 18.1 Å². The van der Waals surface area contributed by atoms with Crippen LogP contribution < -0.4 is 0 Å². The summed E-state index contributed by atoms with van der Waals surface area (Å²) in [5.41, 5.74) is 0.919. The normalized spacial score (nSPS) is 10.3. The van der Waals surface area contributed by atoms with Crippen LogP contribution in [-0.2, 0) is 29.0 Å². The third-order valence-corrected chi connectivity index (χ3v) is 2.37. The number of esters is 1. The molecule has 0 amide bonds. The van der Waals surface area contributed by atoms with Crippen molar-refractivity contribution in [2.45, 2.75) is 26.4 Å². The van der Waals surface area contributed by atoms with Gasteiger partial charge in [-0.15, -0.1) is 0 Å². The first-order valence-electron chi connectivity index (χ1n) is 5.79. The van der Waals surface area contributed by atoms with Crippen LogP contribution in [0.15, 0.2) is 34.9 Å². The van der Waals surface area contributed by atoms with Gasteiger partial charge in [-0.3, -0.25) is 4.79 Å². The van der Waals surface area contributed by atoms with Gasteiger partial charge in [0.05, 0.1) is 6.42 Å². The number of carbonyl (C=O) groups is 1. The molecule has 1 aromatic heterocycles. The first-order valence-corrected chi connectivity index (χ1v) is 5.79. The predicted octanol–water partition coefficient (Wildman–Crippen LogP) is 1.92. The maximum Gasteiger partial charge on any atom is 0.310 e. The van der Waals surface area contributed by atoms with Crippen LogP contribution in [-0.4, -0.2) is 16.1 Å². The van der Waals surface area contributed by atoms with Crippen LogP contribution in [0.5, 0.6) is 0 Å². The summed E-state index contributed by atoms with van der Waals surface area (Å²) in [7, 11) is 0. The molecule has 1 heterocycles. The van der Waals surface area contributed by atoms with Crippen LogP contribution in [0.3, 0.4) is 0 Å². The summed E-state index contributed by atoms with van der Waals surface area (Å²) in [5.74, 6) is 0.634. The van der Waals surface area contributed by atoms with E-state index in [1.165, 1.54) is 0 Å². The predicted molar refractivity (Wildman–Crippen MR) is 63.6 cm³/mol. The van der Waals surface area contributed by atoms with E-state index in [0.717, 1.165) is 5.56 Å². The SMILES string of the molecule is CCc1noc(COC(=O)Cc2ccccc2)n1. The van der Waals surface area contributed by atoms with Crippen molar-refractivity contribution in [3.05, 3.63) is 47.6 Å². The van der Waals surface area contributed by atoms with Gasteiger partial charge in [-0.2, -0.15) is 4.98 Å². The Balaban J connectivity index is 1.81. The molecule has 0 unspecified atom stereocenters. The van der Waals surface area contributed by atoms with Gasteiger partial charge in [0.15, 0.2) is 12.4 Å². The lowest BCUT2D eigenvalue weighted by molar-refractivity contribution is -0.144. The third-order valence-electron chi connectivity index (χ3n) is 2.37. The van der Waals surface area contributed by atoms with E-state index in [1.807, 2.05) is 37.3 Å². The van der Waals surface area contributed by atoms with E-state index < -0.39 is 0 Å². The van der Waals surface area contributed by atoms with E-state index in [4.69, 9.17) is 9.26 Å². The number of benzene rings is 1. The Hall–Kier alpha value is -2.17. The summed E-state index contributed by atoms with van der Waals surface area (Å²) in [6, 6.07) is 9.42. The molecular formula is C13H14N2O3. The zero-order valence-corrected chi connectivity index (χ0v) is 10.1. The molecule has 5 nitrogen and oxygen atoms in total. The van der Waals surface area contributed by atoms with E-state index >= 15 is 0 Å². The zero-order chi connectivity index (χ0) is 12.8. The molecule has 0 saturated heterocycles. The van der Waals surface area contributed by atoms with Crippen molar-refractivity contribution in [1.82, 2.24) is 10.1 Å². The maximum absolute atomic E-state index is 11.6. The average molecular weight is 246 g/mol. The molecule has 0 radical (unpaired) electrons. The van der Waals surface area contributed by atoms with Crippen LogP contribution in [0.4, 0.5) is 0 Å². The summed E-state index contributed by atoms with van der Waals surface area (Å²) in [6.45, 7) is 1.95. The number of carbonyl (C=O) groups excluding carboxylic acids is 1.